The van der Waals surface area contributed by atoms with E-state index in [2.05, 4.69) is 241 Å². The fourth-order valence-corrected chi connectivity index (χ4v) is 9.50. The number of nitrogens with zero attached hydrogens (tertiary/aromatic N) is 1. The maximum Gasteiger partial charge on any atom is 0.145 e. The molecule has 0 saturated heterocycles. The van der Waals surface area contributed by atoms with E-state index in [-0.39, 0.29) is 0 Å². The van der Waals surface area contributed by atoms with Crippen molar-refractivity contribution in [3.8, 4) is 44.5 Å². The third-order valence-electron chi connectivity index (χ3n) is 12.4. The Hall–Kier alpha value is -8.20. The normalized spacial score (nSPS) is 11.5. The molecule has 0 radical (unpaired) electrons. The number of rotatable bonds is 7. The Balaban J connectivity index is 1.13. The fraction of sp³-hybridized carbons (Fsp3) is 0. The molecule has 0 N–H and O–H groups in total. The average molecular weight is 790 g/mol. The minimum atomic E-state index is 0.857. The smallest absolute Gasteiger partial charge is 0.145 e. The zero-order valence-electron chi connectivity index (χ0n) is 33.9. The van der Waals surface area contributed by atoms with Crippen LogP contribution >= 0.6 is 0 Å². The molecule has 0 spiro atoms. The van der Waals surface area contributed by atoms with Gasteiger partial charge in [0.15, 0.2) is 0 Å². The standard InChI is InChI=1S/C60H39NO/c1-2-16-40(17-3-1)43-21-14-22-44(36-43)45-23-15-24-48(38-45)61(56-30-12-10-26-50(56)47-33-32-41-18-4-5-19-42(41)37-47)57-35-34-53(60-59(57)54-29-11-13-31-58(54)62-60)55-39-46-20-6-7-25-49(46)51-27-8-9-28-52(51)55/h1-39H. The number of anilines is 3. The Morgan fingerprint density at radius 3 is 1.77 bits per heavy atom. The number of fused-ring (bicyclic) bond motifs is 7. The van der Waals surface area contributed by atoms with Gasteiger partial charge in [0, 0.05) is 22.2 Å². The molecule has 2 heteroatoms. The minimum absolute atomic E-state index is 0.857. The van der Waals surface area contributed by atoms with Crippen molar-refractivity contribution in [3.05, 3.63) is 237 Å². The van der Waals surface area contributed by atoms with Gasteiger partial charge in [-0.2, -0.15) is 0 Å². The van der Waals surface area contributed by atoms with Crippen LogP contribution in [0.4, 0.5) is 17.1 Å². The molecule has 0 bridgehead atoms. The van der Waals surface area contributed by atoms with E-state index in [1.807, 2.05) is 0 Å². The third kappa shape index (κ3) is 6.04. The summed E-state index contributed by atoms with van der Waals surface area (Å²) in [7, 11) is 0. The second-order valence-electron chi connectivity index (χ2n) is 16.0. The van der Waals surface area contributed by atoms with Gasteiger partial charge in [-0.1, -0.05) is 182 Å². The highest BCUT2D eigenvalue weighted by molar-refractivity contribution is 6.21. The second-order valence-corrected chi connectivity index (χ2v) is 16.0. The van der Waals surface area contributed by atoms with Crippen LogP contribution in [0, 0.1) is 0 Å². The van der Waals surface area contributed by atoms with Gasteiger partial charge in [-0.25, -0.2) is 0 Å². The quantitative estimate of drug-likeness (QED) is 0.150. The van der Waals surface area contributed by atoms with Gasteiger partial charge in [-0.15, -0.1) is 0 Å². The molecule has 290 valence electrons. The van der Waals surface area contributed by atoms with Crippen molar-refractivity contribution in [2.24, 2.45) is 0 Å². The zero-order valence-corrected chi connectivity index (χ0v) is 33.9. The lowest BCUT2D eigenvalue weighted by atomic mass is 9.91. The van der Waals surface area contributed by atoms with E-state index >= 15 is 0 Å². The molecule has 2 nitrogen and oxygen atoms in total. The molecular formula is C60H39NO. The molecule has 0 atom stereocenters. The highest BCUT2D eigenvalue weighted by Gasteiger charge is 2.25. The van der Waals surface area contributed by atoms with Gasteiger partial charge in [0.1, 0.15) is 11.2 Å². The van der Waals surface area contributed by atoms with E-state index < -0.39 is 0 Å². The van der Waals surface area contributed by atoms with Crippen LogP contribution in [0.15, 0.2) is 241 Å². The van der Waals surface area contributed by atoms with Crippen molar-refractivity contribution < 1.29 is 4.42 Å². The van der Waals surface area contributed by atoms with Crippen LogP contribution in [-0.4, -0.2) is 0 Å². The van der Waals surface area contributed by atoms with Crippen molar-refractivity contribution in [1.29, 1.82) is 0 Å². The van der Waals surface area contributed by atoms with Crippen molar-refractivity contribution in [3.63, 3.8) is 0 Å². The topological polar surface area (TPSA) is 16.4 Å². The van der Waals surface area contributed by atoms with Gasteiger partial charge in [-0.05, 0) is 120 Å². The van der Waals surface area contributed by atoms with E-state index in [4.69, 9.17) is 4.42 Å². The molecule has 12 rings (SSSR count). The van der Waals surface area contributed by atoms with Crippen LogP contribution in [0.25, 0.3) is 98.8 Å². The first-order chi connectivity index (χ1) is 30.7. The number of furan rings is 1. The van der Waals surface area contributed by atoms with E-state index in [0.717, 1.165) is 72.4 Å². The average Bonchev–Trinajstić information content (AvgIpc) is 3.75. The number of hydrogen-bond donors (Lipinski definition) is 0. The van der Waals surface area contributed by atoms with Crippen LogP contribution in [-0.2, 0) is 0 Å². The highest BCUT2D eigenvalue weighted by Crippen LogP contribution is 2.50. The summed E-state index contributed by atoms with van der Waals surface area (Å²) in [5.41, 5.74) is 14.1. The molecule has 0 saturated carbocycles. The number of para-hydroxylation sites is 2. The summed E-state index contributed by atoms with van der Waals surface area (Å²) in [6, 6.07) is 85.5. The van der Waals surface area contributed by atoms with Gasteiger partial charge in [0.2, 0.25) is 0 Å². The first-order valence-corrected chi connectivity index (χ1v) is 21.2. The Kier molecular flexibility index (Phi) is 8.53. The molecule has 0 amide bonds. The zero-order chi connectivity index (χ0) is 41.0. The van der Waals surface area contributed by atoms with Crippen LogP contribution in [0.2, 0.25) is 0 Å². The summed E-state index contributed by atoms with van der Waals surface area (Å²) in [6.07, 6.45) is 0. The number of hydrogen-bond acceptors (Lipinski definition) is 2. The van der Waals surface area contributed by atoms with E-state index in [9.17, 15) is 0 Å². The van der Waals surface area contributed by atoms with Crippen LogP contribution in [0.3, 0.4) is 0 Å². The first kappa shape index (κ1) is 35.7. The van der Waals surface area contributed by atoms with Gasteiger partial charge in [0.05, 0.1) is 16.8 Å². The van der Waals surface area contributed by atoms with Crippen LogP contribution < -0.4 is 4.90 Å². The molecule has 1 aromatic heterocycles. The maximum absolute atomic E-state index is 7.05. The van der Waals surface area contributed by atoms with Gasteiger partial charge < -0.3 is 9.32 Å². The van der Waals surface area contributed by atoms with Crippen LogP contribution in [0.5, 0.6) is 0 Å². The summed E-state index contributed by atoms with van der Waals surface area (Å²) in [4.78, 5) is 2.45. The van der Waals surface area contributed by atoms with E-state index in [1.54, 1.807) is 0 Å². The van der Waals surface area contributed by atoms with E-state index in [0.29, 0.717) is 0 Å². The second kappa shape index (κ2) is 14.8. The van der Waals surface area contributed by atoms with Gasteiger partial charge >= 0.3 is 0 Å². The molecule has 12 aromatic rings. The molecule has 0 aliphatic heterocycles. The lowest BCUT2D eigenvalue weighted by Crippen LogP contribution is -2.12. The molecule has 11 aromatic carbocycles. The molecule has 0 aliphatic rings. The Morgan fingerprint density at radius 2 is 0.919 bits per heavy atom. The Morgan fingerprint density at radius 1 is 0.290 bits per heavy atom. The van der Waals surface area contributed by atoms with Crippen molar-refractivity contribution >= 4 is 71.3 Å². The summed E-state index contributed by atoms with van der Waals surface area (Å²) < 4.78 is 7.05. The van der Waals surface area contributed by atoms with Gasteiger partial charge in [-0.3, -0.25) is 0 Å². The van der Waals surface area contributed by atoms with Crippen molar-refractivity contribution in [2.45, 2.75) is 0 Å². The minimum Gasteiger partial charge on any atom is -0.455 e. The molecule has 62 heavy (non-hydrogen) atoms. The summed E-state index contributed by atoms with van der Waals surface area (Å²) in [5, 5.41) is 9.45. The SMILES string of the molecule is c1ccc(-c2cccc(-c3cccc(N(c4ccccc4-c4ccc5ccccc5c4)c4ccc(-c5cc6ccccc6c6ccccc56)c5oc6ccccc6c45)c3)c2)cc1. The fourth-order valence-electron chi connectivity index (χ4n) is 9.50. The molecule has 1 heterocycles. The summed E-state index contributed by atoms with van der Waals surface area (Å²) in [6.45, 7) is 0. The van der Waals surface area contributed by atoms with Gasteiger partial charge in [0.25, 0.3) is 0 Å². The molecule has 0 unspecified atom stereocenters. The monoisotopic (exact) mass is 789 g/mol. The Labute approximate surface area is 360 Å². The first-order valence-electron chi connectivity index (χ1n) is 21.2. The molecule has 0 aliphatic carbocycles. The summed E-state index contributed by atoms with van der Waals surface area (Å²) >= 11 is 0. The summed E-state index contributed by atoms with van der Waals surface area (Å²) in [5.74, 6) is 0. The highest BCUT2D eigenvalue weighted by atomic mass is 16.3. The van der Waals surface area contributed by atoms with Crippen molar-refractivity contribution in [2.75, 3.05) is 4.90 Å². The molecule has 0 fully saturated rings. The number of benzene rings is 11. The third-order valence-corrected chi connectivity index (χ3v) is 12.4. The predicted molar refractivity (Wildman–Crippen MR) is 263 cm³/mol. The largest absolute Gasteiger partial charge is 0.455 e. The lowest BCUT2D eigenvalue weighted by molar-refractivity contribution is 0.670. The van der Waals surface area contributed by atoms with E-state index in [1.165, 1.54) is 43.4 Å². The molecular weight excluding hydrogens is 751 g/mol. The van der Waals surface area contributed by atoms with Crippen LogP contribution in [0.1, 0.15) is 0 Å². The Bertz CT molecular complexity index is 3650. The maximum atomic E-state index is 7.05. The van der Waals surface area contributed by atoms with Crippen molar-refractivity contribution in [1.82, 2.24) is 0 Å². The lowest BCUT2D eigenvalue weighted by Gasteiger charge is -2.29. The predicted octanol–water partition coefficient (Wildman–Crippen LogP) is 17.2.